The van der Waals surface area contributed by atoms with Gasteiger partial charge >= 0.3 is 6.61 Å². The summed E-state index contributed by atoms with van der Waals surface area (Å²) in [6, 6.07) is 6.47. The van der Waals surface area contributed by atoms with Crippen LogP contribution in [-0.2, 0) is 11.3 Å². The number of guanidine groups is 1. The number of aliphatic imine (C=N–C) groups is 1. The third-order valence-electron chi connectivity index (χ3n) is 2.93. The van der Waals surface area contributed by atoms with Crippen LogP contribution in [0.5, 0.6) is 5.75 Å². The molecule has 0 radical (unpaired) electrons. The van der Waals surface area contributed by atoms with Crippen LogP contribution in [0, 0.1) is 0 Å². The van der Waals surface area contributed by atoms with E-state index < -0.39 is 6.61 Å². The second-order valence-electron chi connectivity index (χ2n) is 4.88. The molecule has 0 saturated carbocycles. The normalized spacial score (nSPS) is 10.8. The van der Waals surface area contributed by atoms with E-state index in [1.165, 1.54) is 6.07 Å². The predicted molar refractivity (Wildman–Crippen MR) is 105 cm³/mol. The first-order valence-electron chi connectivity index (χ1n) is 7.88. The molecule has 142 valence electrons. The van der Waals surface area contributed by atoms with E-state index in [2.05, 4.69) is 25.7 Å². The minimum atomic E-state index is -2.89. The molecule has 9 heteroatoms. The number of alkyl halides is 2. The Morgan fingerprint density at radius 1 is 1.20 bits per heavy atom. The van der Waals surface area contributed by atoms with Crippen LogP contribution >= 0.6 is 24.0 Å². The van der Waals surface area contributed by atoms with E-state index in [9.17, 15) is 13.6 Å². The third-order valence-corrected chi connectivity index (χ3v) is 2.93. The summed E-state index contributed by atoms with van der Waals surface area (Å²) < 4.78 is 29.3. The smallest absolute Gasteiger partial charge is 0.387 e. The fourth-order valence-corrected chi connectivity index (χ4v) is 1.84. The number of halogens is 3. The number of ether oxygens (including phenoxy) is 1. The second-order valence-corrected chi connectivity index (χ2v) is 4.88. The summed E-state index contributed by atoms with van der Waals surface area (Å²) in [5.74, 6) is 0.382. The van der Waals surface area contributed by atoms with E-state index in [1.807, 2.05) is 13.8 Å². The van der Waals surface area contributed by atoms with Gasteiger partial charge in [0.05, 0.1) is 13.1 Å². The van der Waals surface area contributed by atoms with E-state index in [1.54, 1.807) is 18.2 Å². The zero-order valence-electron chi connectivity index (χ0n) is 14.4. The predicted octanol–water partition coefficient (Wildman–Crippen LogP) is 2.49. The maximum Gasteiger partial charge on any atom is 0.387 e. The Morgan fingerprint density at radius 3 is 2.56 bits per heavy atom. The summed E-state index contributed by atoms with van der Waals surface area (Å²) in [5.41, 5.74) is 0.533. The number of amides is 1. The van der Waals surface area contributed by atoms with Crippen LogP contribution in [0.1, 0.15) is 25.8 Å². The van der Waals surface area contributed by atoms with Gasteiger partial charge in [0.25, 0.3) is 0 Å². The van der Waals surface area contributed by atoms with Gasteiger partial charge in [0.15, 0.2) is 5.96 Å². The first-order valence-corrected chi connectivity index (χ1v) is 7.88. The molecule has 1 aromatic rings. The van der Waals surface area contributed by atoms with Crippen molar-refractivity contribution in [3.05, 3.63) is 29.8 Å². The van der Waals surface area contributed by atoms with Crippen LogP contribution in [-0.4, -0.2) is 38.1 Å². The summed E-state index contributed by atoms with van der Waals surface area (Å²) in [6.45, 7) is 2.43. The maximum atomic E-state index is 12.4. The van der Waals surface area contributed by atoms with Crippen LogP contribution in [0.2, 0.25) is 0 Å². The Hall–Kier alpha value is -1.65. The zero-order valence-corrected chi connectivity index (χ0v) is 16.7. The molecular weight excluding hydrogens is 445 g/mol. The summed E-state index contributed by atoms with van der Waals surface area (Å²) >= 11 is 0. The average molecular weight is 470 g/mol. The Bertz CT molecular complexity index is 545. The van der Waals surface area contributed by atoms with Gasteiger partial charge in [-0.2, -0.15) is 8.78 Å². The van der Waals surface area contributed by atoms with Crippen molar-refractivity contribution in [3.63, 3.8) is 0 Å². The molecule has 0 atom stereocenters. The molecule has 0 aliphatic rings. The van der Waals surface area contributed by atoms with E-state index in [0.29, 0.717) is 24.6 Å². The number of nitrogens with one attached hydrogen (secondary N) is 3. The molecular formula is C16H25F2IN4O2. The Kier molecular flexibility index (Phi) is 12.7. The van der Waals surface area contributed by atoms with Crippen LogP contribution < -0.4 is 20.7 Å². The number of para-hydroxylation sites is 1. The molecule has 0 aromatic heterocycles. The molecule has 25 heavy (non-hydrogen) atoms. The number of hydrogen-bond donors (Lipinski definition) is 3. The topological polar surface area (TPSA) is 74.8 Å². The fourth-order valence-electron chi connectivity index (χ4n) is 1.84. The van der Waals surface area contributed by atoms with Gasteiger partial charge in [-0.05, 0) is 19.4 Å². The van der Waals surface area contributed by atoms with Gasteiger partial charge in [-0.3, -0.25) is 4.79 Å². The van der Waals surface area contributed by atoms with Crippen molar-refractivity contribution in [1.29, 1.82) is 0 Å². The van der Waals surface area contributed by atoms with Gasteiger partial charge in [-0.1, -0.05) is 25.1 Å². The van der Waals surface area contributed by atoms with E-state index in [0.717, 1.165) is 6.42 Å². The summed E-state index contributed by atoms with van der Waals surface area (Å²) in [7, 11) is 0. The Morgan fingerprint density at radius 2 is 1.92 bits per heavy atom. The van der Waals surface area contributed by atoms with Crippen molar-refractivity contribution in [1.82, 2.24) is 16.0 Å². The fraction of sp³-hybridized carbons (Fsp3) is 0.500. The van der Waals surface area contributed by atoms with Gasteiger partial charge in [-0.25, -0.2) is 4.99 Å². The highest BCUT2D eigenvalue weighted by molar-refractivity contribution is 14.0. The minimum Gasteiger partial charge on any atom is -0.434 e. The first kappa shape index (κ1) is 23.4. The molecule has 0 unspecified atom stereocenters. The SMILES string of the molecule is CCCNC(=O)CNC(=NCc1ccccc1OC(F)F)NCC.I. The summed E-state index contributed by atoms with van der Waals surface area (Å²) in [4.78, 5) is 15.9. The molecule has 0 aliphatic heterocycles. The van der Waals surface area contributed by atoms with E-state index >= 15 is 0 Å². The number of benzene rings is 1. The maximum absolute atomic E-state index is 12.4. The number of rotatable bonds is 9. The highest BCUT2D eigenvalue weighted by atomic mass is 127. The molecule has 1 amide bonds. The molecule has 0 bridgehead atoms. The van der Waals surface area contributed by atoms with E-state index in [4.69, 9.17) is 0 Å². The highest BCUT2D eigenvalue weighted by Gasteiger charge is 2.09. The standard InChI is InChI=1S/C16H24F2N4O2.HI/c1-3-9-20-14(23)11-22-16(19-4-2)21-10-12-7-5-6-8-13(12)24-15(17)18;/h5-8,15H,3-4,9-11H2,1-2H3,(H,20,23)(H2,19,21,22);1H. The van der Waals surface area contributed by atoms with Crippen molar-refractivity contribution in [3.8, 4) is 5.75 Å². The van der Waals surface area contributed by atoms with Gasteiger partial charge < -0.3 is 20.7 Å². The third kappa shape index (κ3) is 10.0. The number of carbonyl (C=O) groups excluding carboxylic acids is 1. The number of nitrogens with zero attached hydrogens (tertiary/aromatic N) is 1. The minimum absolute atomic E-state index is 0. The second kappa shape index (κ2) is 13.6. The molecule has 0 heterocycles. The lowest BCUT2D eigenvalue weighted by Crippen LogP contribution is -2.43. The van der Waals surface area contributed by atoms with Crippen molar-refractivity contribution in [2.24, 2.45) is 4.99 Å². The molecule has 6 nitrogen and oxygen atoms in total. The van der Waals surface area contributed by atoms with Crippen LogP contribution in [0.15, 0.2) is 29.3 Å². The lowest BCUT2D eigenvalue weighted by molar-refractivity contribution is -0.120. The Labute approximate surface area is 163 Å². The van der Waals surface area contributed by atoms with Crippen molar-refractivity contribution in [2.75, 3.05) is 19.6 Å². The molecule has 0 saturated heterocycles. The molecule has 1 aromatic carbocycles. The first-order chi connectivity index (χ1) is 11.6. The molecule has 3 N–H and O–H groups in total. The Balaban J connectivity index is 0.00000576. The number of hydrogen-bond acceptors (Lipinski definition) is 3. The summed E-state index contributed by atoms with van der Waals surface area (Å²) in [5, 5.41) is 8.64. The van der Waals surface area contributed by atoms with Crippen molar-refractivity contribution in [2.45, 2.75) is 33.4 Å². The molecule has 0 fully saturated rings. The molecule has 1 rings (SSSR count). The monoisotopic (exact) mass is 470 g/mol. The molecule has 0 aliphatic carbocycles. The van der Waals surface area contributed by atoms with Gasteiger partial charge in [0.1, 0.15) is 5.75 Å². The quantitative estimate of drug-likeness (QED) is 0.295. The van der Waals surface area contributed by atoms with Gasteiger partial charge in [-0.15, -0.1) is 24.0 Å². The van der Waals surface area contributed by atoms with Crippen molar-refractivity contribution < 1.29 is 18.3 Å². The average Bonchev–Trinajstić information content (AvgIpc) is 2.56. The molecule has 0 spiro atoms. The van der Waals surface area contributed by atoms with Gasteiger partial charge in [0.2, 0.25) is 5.91 Å². The lowest BCUT2D eigenvalue weighted by atomic mass is 10.2. The van der Waals surface area contributed by atoms with Crippen LogP contribution in [0.4, 0.5) is 8.78 Å². The summed E-state index contributed by atoms with van der Waals surface area (Å²) in [6.07, 6.45) is 0.862. The zero-order chi connectivity index (χ0) is 17.8. The lowest BCUT2D eigenvalue weighted by Gasteiger charge is -2.12. The van der Waals surface area contributed by atoms with Crippen LogP contribution in [0.25, 0.3) is 0 Å². The van der Waals surface area contributed by atoms with Crippen molar-refractivity contribution >= 4 is 35.8 Å². The van der Waals surface area contributed by atoms with Crippen LogP contribution in [0.3, 0.4) is 0 Å². The van der Waals surface area contributed by atoms with E-state index in [-0.39, 0.29) is 48.7 Å². The highest BCUT2D eigenvalue weighted by Crippen LogP contribution is 2.20. The van der Waals surface area contributed by atoms with Gasteiger partial charge in [0, 0.05) is 18.7 Å². The largest absolute Gasteiger partial charge is 0.434 e. The number of carbonyl (C=O) groups is 1.